The van der Waals surface area contributed by atoms with Crippen LogP contribution < -0.4 is 14.4 Å². The van der Waals surface area contributed by atoms with Crippen LogP contribution in [-0.2, 0) is 10.8 Å². The van der Waals surface area contributed by atoms with Crippen LogP contribution in [0.5, 0.6) is 23.0 Å². The van der Waals surface area contributed by atoms with Gasteiger partial charge < -0.3 is 14.4 Å². The highest BCUT2D eigenvalue weighted by molar-refractivity contribution is 5.94. The maximum Gasteiger partial charge on any atom is 0.197 e. The quantitative estimate of drug-likeness (QED) is 0.0615. The van der Waals surface area contributed by atoms with E-state index in [-0.39, 0.29) is 0 Å². The molecule has 89 heavy (non-hydrogen) atoms. The Morgan fingerprint density at radius 2 is 0.809 bits per heavy atom. The molecule has 3 aliphatic rings. The van der Waals surface area contributed by atoms with Crippen LogP contribution in [0.1, 0.15) is 68.5 Å². The molecule has 0 spiro atoms. The molecule has 0 heterocycles. The Labute approximate surface area is 508 Å². The Kier molecular flexibility index (Phi) is 14.0. The molecular formula is C78H49F8NO2. The van der Waals surface area contributed by atoms with Gasteiger partial charge in [-0.3, -0.25) is 0 Å². The van der Waals surface area contributed by atoms with Crippen LogP contribution in [0.4, 0.5) is 52.2 Å². The second-order valence-corrected chi connectivity index (χ2v) is 22.1. The Bertz CT molecular complexity index is 4720. The molecule has 0 fully saturated rings. The van der Waals surface area contributed by atoms with E-state index in [4.69, 9.17) is 9.47 Å². The number of halogens is 8. The second kappa shape index (κ2) is 22.2. The lowest BCUT2D eigenvalue weighted by molar-refractivity contribution is 0.398. The van der Waals surface area contributed by atoms with Crippen molar-refractivity contribution in [3.8, 4) is 45.3 Å². The van der Waals surface area contributed by atoms with Crippen molar-refractivity contribution in [1.29, 1.82) is 0 Å². The van der Waals surface area contributed by atoms with Crippen LogP contribution >= 0.6 is 0 Å². The summed E-state index contributed by atoms with van der Waals surface area (Å²) in [6.07, 6.45) is 8.10. The lowest BCUT2D eigenvalue weighted by Gasteiger charge is -2.37. The zero-order valence-electron chi connectivity index (χ0n) is 47.3. The average molecular weight is 1180 g/mol. The minimum atomic E-state index is -1.99. The summed E-state index contributed by atoms with van der Waals surface area (Å²) in [5.41, 5.74) is 5.48. The summed E-state index contributed by atoms with van der Waals surface area (Å²) >= 11 is 0. The highest BCUT2D eigenvalue weighted by Crippen LogP contribution is 2.61. The van der Waals surface area contributed by atoms with E-state index in [2.05, 4.69) is 13.2 Å². The molecule has 3 nitrogen and oxygen atoms in total. The SMILES string of the molecule is C=Cc1ccc(Oc2ccc(C3(c4cc(F)c(F)c(F)c4F)C4=C(C=CCC4)c4ccc(N(c5ccc(-c6ccccc6)cc5)c5ccc6c(c5)C(c5ccc(Oc7ccc(C=C)cc7)cc5)(c5cc(F)c(F)c(F)c5F)c5ccccc5-6)cc43)cc2)cc1. The van der Waals surface area contributed by atoms with Gasteiger partial charge in [0.25, 0.3) is 0 Å². The third kappa shape index (κ3) is 9.09. The summed E-state index contributed by atoms with van der Waals surface area (Å²) in [5.74, 6) is -12.4. The second-order valence-electron chi connectivity index (χ2n) is 22.1. The van der Waals surface area contributed by atoms with E-state index in [1.54, 1.807) is 103 Å². The van der Waals surface area contributed by atoms with Gasteiger partial charge in [0.1, 0.15) is 23.0 Å². The van der Waals surface area contributed by atoms with E-state index >= 15 is 35.1 Å². The first kappa shape index (κ1) is 56.1. The Balaban J connectivity index is 1.00. The standard InChI is InChI=1S/C78H49F8NO2/c1-3-46-18-32-55(33-19-46)88-57-36-24-50(25-37-57)77(67-44-69(79)73(83)75(85)71(67)81)63-16-10-8-14-59(63)61-40-30-53(42-65(61)77)87(52-28-22-49(23-29-52)48-12-6-5-7-13-48)54-31-41-62-60-15-9-11-17-64(60)78(66(62)43-54,68-45-70(80)74(84)76(86)72(68)82)51-26-38-58(39-27-51)89-56-34-20-47(4-2)21-35-56/h3-10,12-16,18-45H,1-2,11,17H2. The summed E-state index contributed by atoms with van der Waals surface area (Å²) in [7, 11) is 0. The number of fused-ring (bicyclic) bond motifs is 5. The van der Waals surface area contributed by atoms with Crippen molar-refractivity contribution in [3.63, 3.8) is 0 Å². The van der Waals surface area contributed by atoms with E-state index < -0.39 is 68.5 Å². The molecule has 0 saturated carbocycles. The van der Waals surface area contributed by atoms with Gasteiger partial charge in [-0.25, -0.2) is 35.1 Å². The Morgan fingerprint density at radius 3 is 1.35 bits per heavy atom. The van der Waals surface area contributed by atoms with Gasteiger partial charge in [-0.2, -0.15) is 0 Å². The van der Waals surface area contributed by atoms with Crippen molar-refractivity contribution < 1.29 is 44.6 Å². The Hall–Kier alpha value is -10.8. The molecule has 0 radical (unpaired) electrons. The van der Waals surface area contributed by atoms with E-state index in [1.807, 2.05) is 138 Å². The maximum atomic E-state index is 17.3. The summed E-state index contributed by atoms with van der Waals surface area (Å²) < 4.78 is 142. The zero-order chi connectivity index (χ0) is 61.3. The number of anilines is 3. The molecule has 0 amide bonds. The normalized spacial score (nSPS) is 16.1. The lowest BCUT2D eigenvalue weighted by Crippen LogP contribution is -2.32. The van der Waals surface area contributed by atoms with Crippen molar-refractivity contribution in [2.45, 2.75) is 23.7 Å². The lowest BCUT2D eigenvalue weighted by atomic mass is 9.65. The predicted molar refractivity (Wildman–Crippen MR) is 335 cm³/mol. The van der Waals surface area contributed by atoms with Crippen molar-refractivity contribution >= 4 is 34.8 Å². The molecule has 11 aromatic carbocycles. The molecule has 0 N–H and O–H groups in total. The fourth-order valence-corrected chi connectivity index (χ4v) is 13.4. The van der Waals surface area contributed by atoms with Gasteiger partial charge in [0, 0.05) is 28.2 Å². The van der Waals surface area contributed by atoms with Gasteiger partial charge in [-0.1, -0.05) is 165 Å². The maximum absolute atomic E-state index is 17.3. The van der Waals surface area contributed by atoms with Gasteiger partial charge in [0.05, 0.1) is 10.8 Å². The highest BCUT2D eigenvalue weighted by atomic mass is 19.2. The monoisotopic (exact) mass is 1180 g/mol. The van der Waals surface area contributed by atoms with E-state index in [0.29, 0.717) is 115 Å². The molecule has 11 heteroatoms. The molecule has 0 aromatic heterocycles. The Morgan fingerprint density at radius 1 is 0.371 bits per heavy atom. The van der Waals surface area contributed by atoms with E-state index in [0.717, 1.165) is 28.3 Å². The number of allylic oxidation sites excluding steroid dienone is 4. The predicted octanol–water partition coefficient (Wildman–Crippen LogP) is 21.6. The topological polar surface area (TPSA) is 21.7 Å². The van der Waals surface area contributed by atoms with Gasteiger partial charge in [-0.15, -0.1) is 0 Å². The number of benzene rings is 11. The third-order valence-electron chi connectivity index (χ3n) is 17.4. The van der Waals surface area contributed by atoms with Crippen LogP contribution in [0.3, 0.4) is 0 Å². The molecule has 2 unspecified atom stereocenters. The number of hydrogen-bond donors (Lipinski definition) is 0. The van der Waals surface area contributed by atoms with Crippen molar-refractivity contribution in [2.24, 2.45) is 0 Å². The van der Waals surface area contributed by atoms with Crippen molar-refractivity contribution in [1.82, 2.24) is 0 Å². The van der Waals surface area contributed by atoms with Gasteiger partial charge in [0.15, 0.2) is 46.5 Å². The summed E-state index contributed by atoms with van der Waals surface area (Å²) in [6, 6.07) is 65.1. The van der Waals surface area contributed by atoms with Crippen LogP contribution in [0.2, 0.25) is 0 Å². The van der Waals surface area contributed by atoms with Crippen LogP contribution in [0.15, 0.2) is 255 Å². The first-order valence-electron chi connectivity index (χ1n) is 28.8. The molecular weight excluding hydrogens is 1130 g/mol. The first-order chi connectivity index (χ1) is 43.3. The smallest absolute Gasteiger partial charge is 0.197 e. The largest absolute Gasteiger partial charge is 0.457 e. The van der Waals surface area contributed by atoms with E-state index in [1.165, 1.54) is 0 Å². The van der Waals surface area contributed by atoms with Crippen molar-refractivity contribution in [3.05, 3.63) is 358 Å². The minimum Gasteiger partial charge on any atom is -0.457 e. The average Bonchev–Trinajstić information content (AvgIpc) is 1.59. The molecule has 0 aliphatic heterocycles. The molecule has 0 bridgehead atoms. The highest BCUT2D eigenvalue weighted by Gasteiger charge is 2.52. The summed E-state index contributed by atoms with van der Waals surface area (Å²) in [4.78, 5) is 1.91. The fourth-order valence-electron chi connectivity index (χ4n) is 13.4. The van der Waals surface area contributed by atoms with E-state index in [9.17, 15) is 0 Å². The first-order valence-corrected chi connectivity index (χ1v) is 28.8. The van der Waals surface area contributed by atoms with Gasteiger partial charge in [0.2, 0.25) is 0 Å². The van der Waals surface area contributed by atoms with Gasteiger partial charge in [-0.05, 0) is 188 Å². The number of rotatable bonds is 14. The zero-order valence-corrected chi connectivity index (χ0v) is 47.3. The molecule has 11 aromatic rings. The molecule has 3 aliphatic carbocycles. The summed E-state index contributed by atoms with van der Waals surface area (Å²) in [5, 5.41) is 0. The molecule has 14 rings (SSSR count). The van der Waals surface area contributed by atoms with Gasteiger partial charge >= 0.3 is 0 Å². The van der Waals surface area contributed by atoms with Crippen LogP contribution in [0.25, 0.3) is 40.0 Å². The third-order valence-corrected chi connectivity index (χ3v) is 17.4. The molecule has 434 valence electrons. The molecule has 2 atom stereocenters. The number of ether oxygens (including phenoxy) is 2. The summed E-state index contributed by atoms with van der Waals surface area (Å²) in [6.45, 7) is 7.65. The van der Waals surface area contributed by atoms with Crippen molar-refractivity contribution in [2.75, 3.05) is 4.90 Å². The minimum absolute atomic E-state index is 0.318. The van der Waals surface area contributed by atoms with Crippen LogP contribution in [0, 0.1) is 46.5 Å². The molecule has 0 saturated heterocycles. The van der Waals surface area contributed by atoms with Crippen LogP contribution in [-0.4, -0.2) is 0 Å². The number of nitrogens with zero attached hydrogens (tertiary/aromatic N) is 1. The number of hydrogen-bond acceptors (Lipinski definition) is 3. The fraction of sp³-hybridized carbons (Fsp3) is 0.0513.